The first-order valence-corrected chi connectivity index (χ1v) is 24.7. The van der Waals surface area contributed by atoms with E-state index in [0.717, 1.165) is 25.6 Å². The molecule has 0 aromatic heterocycles. The van der Waals surface area contributed by atoms with Gasteiger partial charge in [-0.3, -0.25) is 9.69 Å². The summed E-state index contributed by atoms with van der Waals surface area (Å²) in [7, 11) is -6.51. The Kier molecular flexibility index (Phi) is 12.2. The van der Waals surface area contributed by atoms with Crippen molar-refractivity contribution in [1.82, 2.24) is 9.80 Å². The second-order valence-corrected chi connectivity index (χ2v) is 27.4. The summed E-state index contributed by atoms with van der Waals surface area (Å²) in [6.45, 7) is 17.6. The van der Waals surface area contributed by atoms with Gasteiger partial charge in [-0.15, -0.1) is 0 Å². The Labute approximate surface area is 355 Å². The molecule has 3 saturated heterocycles. The number of hydrogen-bond donors (Lipinski definition) is 0. The number of carbonyl (C=O) groups excluding carboxylic acids is 1. The van der Waals surface area contributed by atoms with Gasteiger partial charge in [-0.25, -0.2) is 0 Å². The molecule has 0 N–H and O–H groups in total. The predicted octanol–water partition coefficient (Wildman–Crippen LogP) is 6.46. The van der Waals surface area contributed by atoms with Gasteiger partial charge in [0.25, 0.3) is 16.6 Å². The van der Waals surface area contributed by atoms with Crippen LogP contribution in [0.5, 0.6) is 0 Å². The Balaban J connectivity index is 1.41. The molecule has 0 radical (unpaired) electrons. The highest BCUT2D eigenvalue weighted by atomic mass is 28.4. The number of alkyl halides is 3. The van der Waals surface area contributed by atoms with Crippen molar-refractivity contribution in [1.29, 1.82) is 0 Å². The number of fused-ring (bicyclic) bond motifs is 1. The summed E-state index contributed by atoms with van der Waals surface area (Å²) in [4.78, 5) is 15.3. The van der Waals surface area contributed by atoms with E-state index >= 15 is 0 Å². The molecule has 0 saturated carbocycles. The number of rotatable bonds is 11. The van der Waals surface area contributed by atoms with Crippen LogP contribution in [-0.2, 0) is 27.9 Å². The summed E-state index contributed by atoms with van der Waals surface area (Å²) in [6.07, 6.45) is -7.24. The molecule has 8 nitrogen and oxygen atoms in total. The van der Waals surface area contributed by atoms with Gasteiger partial charge in [-0.2, -0.15) is 13.2 Å². The van der Waals surface area contributed by atoms with Crippen LogP contribution in [0.15, 0.2) is 121 Å². The Morgan fingerprint density at radius 2 is 1.07 bits per heavy atom. The third kappa shape index (κ3) is 8.32. The van der Waals surface area contributed by atoms with Gasteiger partial charge in [-0.05, 0) is 44.7 Å². The number of carbonyl (C=O) groups is 1. The van der Waals surface area contributed by atoms with Crippen LogP contribution in [0, 0.1) is 0 Å². The van der Waals surface area contributed by atoms with Crippen LogP contribution >= 0.6 is 0 Å². The minimum atomic E-state index is -4.95. The molecule has 13 heteroatoms. The fourth-order valence-electron chi connectivity index (χ4n) is 9.66. The summed E-state index contributed by atoms with van der Waals surface area (Å²) in [5, 5.41) is 3.54. The minimum Gasteiger partial charge on any atom is -0.404 e. The van der Waals surface area contributed by atoms with Crippen LogP contribution in [0.3, 0.4) is 0 Å². The lowest BCUT2D eigenvalue weighted by Gasteiger charge is -2.51. The molecular formula is C47H59F3N2O6Si2. The molecule has 0 spiro atoms. The number of amides is 1. The number of benzene rings is 4. The van der Waals surface area contributed by atoms with Gasteiger partial charge in [0.05, 0.1) is 6.61 Å². The fraction of sp³-hybridized carbons (Fsp3) is 0.468. The van der Waals surface area contributed by atoms with Crippen molar-refractivity contribution in [2.45, 2.75) is 102 Å². The summed E-state index contributed by atoms with van der Waals surface area (Å²) in [6, 6.07) is 41.5. The number of nitrogens with zero attached hydrogens (tertiary/aromatic N) is 2. The van der Waals surface area contributed by atoms with Gasteiger partial charge in [0.15, 0.2) is 12.1 Å². The first-order chi connectivity index (χ1) is 28.2. The van der Waals surface area contributed by atoms with Gasteiger partial charge in [0, 0.05) is 32.7 Å². The van der Waals surface area contributed by atoms with Crippen LogP contribution in [0.1, 0.15) is 55.4 Å². The van der Waals surface area contributed by atoms with Crippen molar-refractivity contribution >= 4 is 43.3 Å². The SMILES string of the molecule is CC1(C)O[C@H]2O[C@@](CO[Si](c3ccccc3)(c3ccccc3)C(C)(C)C)(CN3CCN(C(=O)C(F)(F)F)CC3)[C@H](O[Si](c3ccccc3)(c3ccccc3)C(C)(C)C)[C@H]2O1. The maximum absolute atomic E-state index is 13.6. The zero-order valence-electron chi connectivity index (χ0n) is 36.0. The first kappa shape index (κ1) is 44.4. The molecular weight excluding hydrogens is 802 g/mol. The predicted molar refractivity (Wildman–Crippen MR) is 233 cm³/mol. The number of ether oxygens (including phenoxy) is 3. The summed E-state index contributed by atoms with van der Waals surface area (Å²) < 4.78 is 77.3. The molecule has 0 bridgehead atoms. The Bertz CT molecular complexity index is 1980. The van der Waals surface area contributed by atoms with E-state index in [1.807, 2.05) is 86.6 Å². The van der Waals surface area contributed by atoms with Crippen LogP contribution in [0.2, 0.25) is 10.1 Å². The maximum atomic E-state index is 13.6. The molecule has 3 aliphatic heterocycles. The third-order valence-corrected chi connectivity index (χ3v) is 22.3. The van der Waals surface area contributed by atoms with Gasteiger partial charge in [-0.1, -0.05) is 163 Å². The largest absolute Gasteiger partial charge is 0.471 e. The second-order valence-electron chi connectivity index (χ2n) is 18.9. The lowest BCUT2D eigenvalue weighted by Crippen LogP contribution is -2.72. The van der Waals surface area contributed by atoms with Crippen LogP contribution in [0.4, 0.5) is 13.2 Å². The maximum Gasteiger partial charge on any atom is 0.471 e. The van der Waals surface area contributed by atoms with Gasteiger partial charge in [0.2, 0.25) is 0 Å². The van der Waals surface area contributed by atoms with Crippen molar-refractivity contribution in [3.8, 4) is 0 Å². The van der Waals surface area contributed by atoms with Crippen LogP contribution in [-0.4, -0.2) is 108 Å². The lowest BCUT2D eigenvalue weighted by molar-refractivity contribution is -0.246. The Morgan fingerprint density at radius 1 is 0.650 bits per heavy atom. The molecule has 3 aliphatic rings. The number of halogens is 3. The van der Waals surface area contributed by atoms with Gasteiger partial charge in [0.1, 0.15) is 17.8 Å². The van der Waals surface area contributed by atoms with E-state index in [-0.39, 0.29) is 44.4 Å². The van der Waals surface area contributed by atoms with Crippen molar-refractivity contribution in [3.05, 3.63) is 121 Å². The highest BCUT2D eigenvalue weighted by Crippen LogP contribution is 2.49. The molecule has 4 atom stereocenters. The normalized spacial score (nSPS) is 24.1. The highest BCUT2D eigenvalue weighted by Gasteiger charge is 2.67. The number of piperazine rings is 1. The monoisotopic (exact) mass is 860 g/mol. The highest BCUT2D eigenvalue weighted by molar-refractivity contribution is 7.00. The summed E-state index contributed by atoms with van der Waals surface area (Å²) in [5.41, 5.74) is -1.26. The molecule has 7 rings (SSSR count). The smallest absolute Gasteiger partial charge is 0.404 e. The average molecular weight is 861 g/mol. The van der Waals surface area contributed by atoms with E-state index in [4.69, 9.17) is 23.1 Å². The van der Waals surface area contributed by atoms with Crippen molar-refractivity contribution in [3.63, 3.8) is 0 Å². The molecule has 3 heterocycles. The molecule has 60 heavy (non-hydrogen) atoms. The summed E-state index contributed by atoms with van der Waals surface area (Å²) >= 11 is 0. The topological polar surface area (TPSA) is 69.7 Å². The zero-order chi connectivity index (χ0) is 43.2. The molecule has 0 aliphatic carbocycles. The van der Waals surface area contributed by atoms with Crippen LogP contribution in [0.25, 0.3) is 0 Å². The molecule has 4 aromatic carbocycles. The molecule has 3 fully saturated rings. The average Bonchev–Trinajstić information content (AvgIpc) is 3.64. The molecule has 322 valence electrons. The molecule has 0 unspecified atom stereocenters. The van der Waals surface area contributed by atoms with E-state index in [0.29, 0.717) is 0 Å². The van der Waals surface area contributed by atoms with E-state index < -0.39 is 63.6 Å². The van der Waals surface area contributed by atoms with Crippen LogP contribution < -0.4 is 20.7 Å². The minimum absolute atomic E-state index is 0.0605. The van der Waals surface area contributed by atoms with Crippen molar-refractivity contribution in [2.24, 2.45) is 0 Å². The van der Waals surface area contributed by atoms with E-state index in [1.165, 1.54) is 0 Å². The van der Waals surface area contributed by atoms with E-state index in [9.17, 15) is 18.0 Å². The van der Waals surface area contributed by atoms with Gasteiger partial charge >= 0.3 is 12.1 Å². The van der Waals surface area contributed by atoms with Gasteiger partial charge < -0.3 is 28.0 Å². The Morgan fingerprint density at radius 3 is 1.47 bits per heavy atom. The first-order valence-electron chi connectivity index (χ1n) is 20.9. The standard InChI is InChI=1S/C47H59F3N2O6Si2/c1-43(2,3)59(35-21-13-9-14-22-35,36-23-15-10-16-24-36)54-34-46(33-51-29-31-52(32-30-51)42(53)47(48,49)50)40(39-41(57-46)56-45(7,8)55-39)58-60(44(4,5)6,37-25-17-11-18-26-37)38-27-19-12-20-28-38/h9-28,39-41H,29-34H2,1-8H3/t39-,40-,41+,46-/m1/s1. The van der Waals surface area contributed by atoms with Crippen molar-refractivity contribution in [2.75, 3.05) is 39.3 Å². The van der Waals surface area contributed by atoms with E-state index in [2.05, 4.69) is 95.0 Å². The Hall–Kier alpha value is -3.67. The summed E-state index contributed by atoms with van der Waals surface area (Å²) in [5.74, 6) is -2.81. The second kappa shape index (κ2) is 16.6. The van der Waals surface area contributed by atoms with E-state index in [1.54, 1.807) is 0 Å². The third-order valence-electron chi connectivity index (χ3n) is 12.3. The van der Waals surface area contributed by atoms with Crippen molar-refractivity contribution < 1.29 is 41.0 Å². The number of hydrogen-bond acceptors (Lipinski definition) is 7. The molecule has 1 amide bonds. The fourth-order valence-corrected chi connectivity index (χ4v) is 19.0. The molecule has 4 aromatic rings. The lowest BCUT2D eigenvalue weighted by atomic mass is 9.95. The quantitative estimate of drug-likeness (QED) is 0.161. The zero-order valence-corrected chi connectivity index (χ0v) is 38.0.